The van der Waals surface area contributed by atoms with Gasteiger partial charge in [-0.3, -0.25) is 9.59 Å². The highest BCUT2D eigenvalue weighted by Crippen LogP contribution is 2.29. The molecule has 0 aliphatic heterocycles. The first-order valence-electron chi connectivity index (χ1n) is 13.8. The number of Topliss-reactive ketones (excluding diaryl/α,β-unsaturated/α-hetero) is 1. The largest absolute Gasteiger partial charge is 0.507 e. The number of thiophene rings is 1. The SMILES string of the molecule is CC(=O)c1cc(C(=O)N(C)Cc2ccc(C)s2)c(O)cc1O.CCc1ccc(OCCCN(C)CC)cc1CC. The Morgan fingerprint density at radius 2 is 1.57 bits per heavy atom. The second-order valence-electron chi connectivity index (χ2n) is 9.85. The number of rotatable bonds is 12. The molecule has 0 saturated heterocycles. The second kappa shape index (κ2) is 16.0. The van der Waals surface area contributed by atoms with Crippen molar-refractivity contribution >= 4 is 23.0 Å². The Hall–Kier alpha value is -3.36. The maximum absolute atomic E-state index is 12.4. The molecule has 2 aromatic carbocycles. The van der Waals surface area contributed by atoms with Gasteiger partial charge in [0.2, 0.25) is 0 Å². The lowest BCUT2D eigenvalue weighted by molar-refractivity contribution is 0.0783. The lowest BCUT2D eigenvalue weighted by Crippen LogP contribution is -2.26. The van der Waals surface area contributed by atoms with Crippen molar-refractivity contribution in [1.82, 2.24) is 9.80 Å². The molecular formula is C32H44N2O5S. The minimum atomic E-state index is -0.411. The van der Waals surface area contributed by atoms with E-state index in [1.165, 1.54) is 29.0 Å². The molecule has 0 saturated carbocycles. The molecule has 8 heteroatoms. The van der Waals surface area contributed by atoms with E-state index in [0.717, 1.165) is 60.5 Å². The number of phenolic OH excluding ortho intramolecular Hbond substituents is 2. The molecule has 2 N–H and O–H groups in total. The van der Waals surface area contributed by atoms with Gasteiger partial charge in [0, 0.05) is 29.4 Å². The number of amides is 1. The fourth-order valence-electron chi connectivity index (χ4n) is 4.16. The van der Waals surface area contributed by atoms with Gasteiger partial charge in [-0.1, -0.05) is 26.8 Å². The summed E-state index contributed by atoms with van der Waals surface area (Å²) in [6.07, 6.45) is 3.27. The van der Waals surface area contributed by atoms with Crippen molar-refractivity contribution in [3.05, 3.63) is 74.5 Å². The van der Waals surface area contributed by atoms with Crippen LogP contribution in [0, 0.1) is 6.92 Å². The van der Waals surface area contributed by atoms with Crippen molar-refractivity contribution in [3.8, 4) is 17.2 Å². The molecule has 3 aromatic rings. The van der Waals surface area contributed by atoms with Crippen LogP contribution in [-0.2, 0) is 19.4 Å². The predicted octanol–water partition coefficient (Wildman–Crippen LogP) is 6.47. The summed E-state index contributed by atoms with van der Waals surface area (Å²) in [5.41, 5.74) is 2.87. The number of ether oxygens (including phenoxy) is 1. The Balaban J connectivity index is 0.000000286. The number of aryl methyl sites for hydroxylation is 3. The lowest BCUT2D eigenvalue weighted by Gasteiger charge is -2.17. The maximum atomic E-state index is 12.4. The van der Waals surface area contributed by atoms with Crippen LogP contribution in [-0.4, -0.2) is 65.5 Å². The topological polar surface area (TPSA) is 90.3 Å². The maximum Gasteiger partial charge on any atom is 0.257 e. The van der Waals surface area contributed by atoms with Crippen molar-refractivity contribution in [2.45, 2.75) is 60.4 Å². The predicted molar refractivity (Wildman–Crippen MR) is 163 cm³/mol. The van der Waals surface area contributed by atoms with E-state index in [1.807, 2.05) is 19.1 Å². The molecule has 218 valence electrons. The van der Waals surface area contributed by atoms with E-state index >= 15 is 0 Å². The third kappa shape index (κ3) is 9.68. The summed E-state index contributed by atoms with van der Waals surface area (Å²) in [6, 6.07) is 12.7. The normalized spacial score (nSPS) is 10.7. The molecule has 0 radical (unpaired) electrons. The molecule has 3 rings (SSSR count). The minimum absolute atomic E-state index is 0.00113. The van der Waals surface area contributed by atoms with Gasteiger partial charge in [-0.2, -0.15) is 0 Å². The first-order chi connectivity index (χ1) is 19.0. The highest BCUT2D eigenvalue weighted by molar-refractivity contribution is 7.11. The number of ketones is 1. The molecule has 0 aliphatic carbocycles. The van der Waals surface area contributed by atoms with Crippen molar-refractivity contribution in [1.29, 1.82) is 0 Å². The summed E-state index contributed by atoms with van der Waals surface area (Å²) >= 11 is 1.59. The fraction of sp³-hybridized carbons (Fsp3) is 0.438. The van der Waals surface area contributed by atoms with Crippen molar-refractivity contribution in [2.75, 3.05) is 33.8 Å². The number of carbonyl (C=O) groups excluding carboxylic acids is 2. The molecular weight excluding hydrogens is 524 g/mol. The number of hydrogen-bond donors (Lipinski definition) is 2. The molecule has 0 bridgehead atoms. The van der Waals surface area contributed by atoms with Gasteiger partial charge < -0.3 is 24.7 Å². The van der Waals surface area contributed by atoms with E-state index in [-0.39, 0.29) is 28.4 Å². The fourth-order valence-corrected chi connectivity index (χ4v) is 5.10. The van der Waals surface area contributed by atoms with Gasteiger partial charge in [0.15, 0.2) is 5.78 Å². The smallest absolute Gasteiger partial charge is 0.257 e. The summed E-state index contributed by atoms with van der Waals surface area (Å²) in [4.78, 5) is 29.8. The highest BCUT2D eigenvalue weighted by Gasteiger charge is 2.20. The third-order valence-corrected chi connectivity index (χ3v) is 7.68. The second-order valence-corrected chi connectivity index (χ2v) is 11.2. The molecule has 1 amide bonds. The van der Waals surface area contributed by atoms with E-state index < -0.39 is 5.91 Å². The number of hydrogen-bond acceptors (Lipinski definition) is 7. The van der Waals surface area contributed by atoms with E-state index in [0.29, 0.717) is 6.54 Å². The average molecular weight is 569 g/mol. The first kappa shape index (κ1) is 32.8. The van der Waals surface area contributed by atoms with E-state index in [2.05, 4.69) is 50.9 Å². The number of nitrogens with zero attached hydrogens (tertiary/aromatic N) is 2. The Labute approximate surface area is 243 Å². The van der Waals surface area contributed by atoms with Gasteiger partial charge in [0.1, 0.15) is 17.2 Å². The Morgan fingerprint density at radius 3 is 2.15 bits per heavy atom. The van der Waals surface area contributed by atoms with Crippen LogP contribution < -0.4 is 4.74 Å². The summed E-state index contributed by atoms with van der Waals surface area (Å²) < 4.78 is 5.82. The highest BCUT2D eigenvalue weighted by atomic mass is 32.1. The van der Waals surface area contributed by atoms with Crippen LogP contribution in [0.15, 0.2) is 42.5 Å². The van der Waals surface area contributed by atoms with Crippen molar-refractivity contribution in [2.24, 2.45) is 0 Å². The molecule has 0 spiro atoms. The number of phenols is 2. The minimum Gasteiger partial charge on any atom is -0.507 e. The molecule has 1 aromatic heterocycles. The average Bonchev–Trinajstić information content (AvgIpc) is 3.34. The van der Waals surface area contributed by atoms with Crippen LogP contribution in [0.1, 0.15) is 75.7 Å². The third-order valence-electron chi connectivity index (χ3n) is 6.69. The molecule has 7 nitrogen and oxygen atoms in total. The number of benzene rings is 2. The van der Waals surface area contributed by atoms with E-state index in [1.54, 1.807) is 18.4 Å². The monoisotopic (exact) mass is 568 g/mol. The lowest BCUT2D eigenvalue weighted by atomic mass is 10.0. The molecule has 0 unspecified atom stereocenters. The van der Waals surface area contributed by atoms with Crippen LogP contribution in [0.4, 0.5) is 0 Å². The molecule has 0 fully saturated rings. The molecule has 0 aliphatic rings. The van der Waals surface area contributed by atoms with E-state index in [9.17, 15) is 19.8 Å². The Morgan fingerprint density at radius 1 is 0.900 bits per heavy atom. The Kier molecular flexibility index (Phi) is 13.2. The number of aromatic hydroxyl groups is 2. The summed E-state index contributed by atoms with van der Waals surface area (Å²) in [6.45, 7) is 13.3. The van der Waals surface area contributed by atoms with Gasteiger partial charge in [-0.05, 0) is 88.2 Å². The van der Waals surface area contributed by atoms with Gasteiger partial charge >= 0.3 is 0 Å². The first-order valence-corrected chi connectivity index (χ1v) is 14.6. The molecule has 0 atom stereocenters. The zero-order valence-corrected chi connectivity index (χ0v) is 25.7. The summed E-state index contributed by atoms with van der Waals surface area (Å²) in [5.74, 6) is -0.447. The van der Waals surface area contributed by atoms with Crippen LogP contribution in [0.5, 0.6) is 17.2 Å². The molecule has 40 heavy (non-hydrogen) atoms. The summed E-state index contributed by atoms with van der Waals surface area (Å²) in [5, 5.41) is 19.5. The van der Waals surface area contributed by atoms with Crippen molar-refractivity contribution in [3.63, 3.8) is 0 Å². The van der Waals surface area contributed by atoms with Crippen LogP contribution >= 0.6 is 11.3 Å². The zero-order chi connectivity index (χ0) is 29.8. The quantitative estimate of drug-likeness (QED) is 0.192. The van der Waals surface area contributed by atoms with Crippen LogP contribution in [0.2, 0.25) is 0 Å². The van der Waals surface area contributed by atoms with Gasteiger partial charge in [-0.15, -0.1) is 11.3 Å². The van der Waals surface area contributed by atoms with Crippen LogP contribution in [0.25, 0.3) is 0 Å². The van der Waals surface area contributed by atoms with Gasteiger partial charge in [0.05, 0.1) is 24.3 Å². The van der Waals surface area contributed by atoms with Crippen LogP contribution in [0.3, 0.4) is 0 Å². The molecule has 1 heterocycles. The van der Waals surface area contributed by atoms with Gasteiger partial charge in [0.25, 0.3) is 5.91 Å². The Bertz CT molecular complexity index is 1270. The standard InChI is InChI=1S/C16H17NO4S.C16H27NO/c1-9-4-5-11(22-9)8-17(3)16(21)13-6-12(10(2)18)14(19)7-15(13)20;1-5-14-9-10-16(13-15(14)6-2)18-12-8-11-17(4)7-3/h4-7,19-20H,8H2,1-3H3;9-10,13H,5-8,11-12H2,1-4H3. The van der Waals surface area contributed by atoms with Gasteiger partial charge in [-0.25, -0.2) is 0 Å². The summed E-state index contributed by atoms with van der Waals surface area (Å²) in [7, 11) is 3.77. The number of carbonyl (C=O) groups is 2. The zero-order valence-electron chi connectivity index (χ0n) is 24.9. The van der Waals surface area contributed by atoms with E-state index in [4.69, 9.17) is 4.74 Å². The van der Waals surface area contributed by atoms with Crippen molar-refractivity contribution < 1.29 is 24.5 Å².